The fourth-order valence-corrected chi connectivity index (χ4v) is 2.64. The normalized spacial score (nSPS) is 13.2. The van der Waals surface area contributed by atoms with Crippen LogP contribution in [0.25, 0.3) is 0 Å². The first-order valence-corrected chi connectivity index (χ1v) is 8.31. The van der Waals surface area contributed by atoms with Gasteiger partial charge in [-0.1, -0.05) is 27.2 Å². The molecule has 1 aromatic rings. The first-order chi connectivity index (χ1) is 8.99. The zero-order valence-electron chi connectivity index (χ0n) is 11.9. The molecule has 0 saturated heterocycles. The molecule has 0 bridgehead atoms. The summed E-state index contributed by atoms with van der Waals surface area (Å²) in [4.78, 5) is 0.315. The zero-order valence-corrected chi connectivity index (χ0v) is 12.8. The Morgan fingerprint density at radius 2 is 1.79 bits per heavy atom. The monoisotopic (exact) mass is 284 g/mol. The van der Waals surface area contributed by atoms with Crippen molar-refractivity contribution in [3.05, 3.63) is 24.3 Å². The second-order valence-corrected chi connectivity index (χ2v) is 6.58. The van der Waals surface area contributed by atoms with E-state index in [0.29, 0.717) is 17.4 Å². The fraction of sp³-hybridized carbons (Fsp3) is 0.571. The number of nitrogens with one attached hydrogen (secondary N) is 2. The van der Waals surface area contributed by atoms with Gasteiger partial charge in [0.25, 0.3) is 0 Å². The smallest absolute Gasteiger partial charge is 0.240 e. The molecule has 108 valence electrons. The second-order valence-electron chi connectivity index (χ2n) is 4.82. The second kappa shape index (κ2) is 7.50. The number of sulfonamides is 1. The summed E-state index contributed by atoms with van der Waals surface area (Å²) in [7, 11) is -3.35. The average molecular weight is 284 g/mol. The van der Waals surface area contributed by atoms with Crippen LogP contribution in [0.5, 0.6) is 0 Å². The summed E-state index contributed by atoms with van der Waals surface area (Å²) in [6.07, 6.45) is 1.91. The Morgan fingerprint density at radius 3 is 2.32 bits per heavy atom. The fourth-order valence-electron chi connectivity index (χ4n) is 1.51. The third-order valence-corrected chi connectivity index (χ3v) is 4.54. The van der Waals surface area contributed by atoms with Gasteiger partial charge in [0.1, 0.15) is 0 Å². The first-order valence-electron chi connectivity index (χ1n) is 6.83. The highest BCUT2D eigenvalue weighted by atomic mass is 32.2. The van der Waals surface area contributed by atoms with E-state index in [2.05, 4.69) is 23.9 Å². The molecule has 4 nitrogen and oxygen atoms in total. The molecule has 0 saturated carbocycles. The van der Waals surface area contributed by atoms with Crippen molar-refractivity contribution in [3.63, 3.8) is 0 Å². The van der Waals surface area contributed by atoms with Crippen molar-refractivity contribution in [2.45, 2.75) is 38.5 Å². The maximum absolute atomic E-state index is 11.9. The van der Waals surface area contributed by atoms with Crippen LogP contribution in [0.3, 0.4) is 0 Å². The predicted molar refractivity (Wildman–Crippen MR) is 79.9 cm³/mol. The molecule has 0 fully saturated rings. The number of rotatable bonds is 8. The van der Waals surface area contributed by atoms with Gasteiger partial charge in [-0.2, -0.15) is 0 Å². The molecular weight excluding hydrogens is 260 g/mol. The maximum Gasteiger partial charge on any atom is 0.240 e. The van der Waals surface area contributed by atoms with Crippen LogP contribution < -0.4 is 10.0 Å². The predicted octanol–water partition coefficient (Wildman–Crippen LogP) is 2.83. The lowest BCUT2D eigenvalue weighted by Crippen LogP contribution is -2.24. The third-order valence-electron chi connectivity index (χ3n) is 3.06. The average Bonchev–Trinajstić information content (AvgIpc) is 2.43. The van der Waals surface area contributed by atoms with Gasteiger partial charge in [-0.3, -0.25) is 0 Å². The molecule has 0 spiro atoms. The minimum absolute atomic E-state index is 0.315. The van der Waals surface area contributed by atoms with Crippen LogP contribution in [0, 0.1) is 5.92 Å². The summed E-state index contributed by atoms with van der Waals surface area (Å²) < 4.78 is 26.3. The number of hydrogen-bond donors (Lipinski definition) is 2. The standard InChI is InChI=1S/C14H24N2O2S/c1-4-10-16-19(17,18)14-8-6-13(7-9-14)15-11-12(3)5-2/h6-9,12,15-16H,4-5,10-11H2,1-3H3. The molecule has 0 aromatic heterocycles. The third kappa shape index (κ3) is 5.20. The van der Waals surface area contributed by atoms with Crippen LogP contribution in [-0.4, -0.2) is 21.5 Å². The molecule has 0 amide bonds. The van der Waals surface area contributed by atoms with E-state index in [1.54, 1.807) is 12.1 Å². The SMILES string of the molecule is CCCNS(=O)(=O)c1ccc(NCC(C)CC)cc1. The van der Waals surface area contributed by atoms with Gasteiger partial charge in [0, 0.05) is 18.8 Å². The molecule has 1 rings (SSSR count). The van der Waals surface area contributed by atoms with E-state index in [-0.39, 0.29) is 0 Å². The van der Waals surface area contributed by atoms with Crippen LogP contribution in [0.15, 0.2) is 29.2 Å². The maximum atomic E-state index is 11.9. The van der Waals surface area contributed by atoms with Gasteiger partial charge in [-0.15, -0.1) is 0 Å². The molecule has 0 aliphatic heterocycles. The highest BCUT2D eigenvalue weighted by Gasteiger charge is 2.12. The van der Waals surface area contributed by atoms with Gasteiger partial charge >= 0.3 is 0 Å². The highest BCUT2D eigenvalue weighted by Crippen LogP contribution is 2.14. The van der Waals surface area contributed by atoms with Gasteiger partial charge in [0.15, 0.2) is 0 Å². The largest absolute Gasteiger partial charge is 0.385 e. The lowest BCUT2D eigenvalue weighted by molar-refractivity contribution is 0.580. The van der Waals surface area contributed by atoms with E-state index in [4.69, 9.17) is 0 Å². The molecule has 0 radical (unpaired) electrons. The van der Waals surface area contributed by atoms with Crippen molar-refractivity contribution in [2.24, 2.45) is 5.92 Å². The van der Waals surface area contributed by atoms with Crippen LogP contribution in [0.1, 0.15) is 33.6 Å². The van der Waals surface area contributed by atoms with Crippen molar-refractivity contribution in [1.82, 2.24) is 4.72 Å². The molecule has 1 unspecified atom stereocenters. The molecular formula is C14H24N2O2S. The van der Waals surface area contributed by atoms with E-state index in [0.717, 1.165) is 25.1 Å². The molecule has 5 heteroatoms. The van der Waals surface area contributed by atoms with Crippen LogP contribution in [0.2, 0.25) is 0 Å². The first kappa shape index (κ1) is 16.0. The molecule has 2 N–H and O–H groups in total. The lowest BCUT2D eigenvalue weighted by atomic mass is 10.1. The number of benzene rings is 1. The van der Waals surface area contributed by atoms with Gasteiger partial charge in [-0.25, -0.2) is 13.1 Å². The van der Waals surface area contributed by atoms with Gasteiger partial charge in [0.05, 0.1) is 4.90 Å². The summed E-state index contributed by atoms with van der Waals surface area (Å²) in [5, 5.41) is 3.30. The van der Waals surface area contributed by atoms with Crippen LogP contribution in [-0.2, 0) is 10.0 Å². The van der Waals surface area contributed by atoms with E-state index < -0.39 is 10.0 Å². The summed E-state index contributed by atoms with van der Waals surface area (Å²) in [5.41, 5.74) is 0.953. The molecule has 1 atom stereocenters. The Bertz CT molecular complexity index is 469. The molecule has 1 aromatic carbocycles. The zero-order chi connectivity index (χ0) is 14.3. The topological polar surface area (TPSA) is 58.2 Å². The summed E-state index contributed by atoms with van der Waals surface area (Å²) in [6, 6.07) is 6.89. The Kier molecular flexibility index (Phi) is 6.31. The summed E-state index contributed by atoms with van der Waals surface area (Å²) >= 11 is 0. The van der Waals surface area contributed by atoms with E-state index in [1.165, 1.54) is 0 Å². The van der Waals surface area contributed by atoms with Crippen molar-refractivity contribution < 1.29 is 8.42 Å². The lowest BCUT2D eigenvalue weighted by Gasteiger charge is -2.12. The Morgan fingerprint density at radius 1 is 1.16 bits per heavy atom. The highest BCUT2D eigenvalue weighted by molar-refractivity contribution is 7.89. The Hall–Kier alpha value is -1.07. The Labute approximate surface area is 116 Å². The molecule has 0 aliphatic carbocycles. The molecule has 0 heterocycles. The van der Waals surface area contributed by atoms with E-state index in [1.807, 2.05) is 19.1 Å². The van der Waals surface area contributed by atoms with Crippen molar-refractivity contribution in [2.75, 3.05) is 18.4 Å². The van der Waals surface area contributed by atoms with E-state index >= 15 is 0 Å². The number of hydrogen-bond acceptors (Lipinski definition) is 3. The van der Waals surface area contributed by atoms with Crippen LogP contribution >= 0.6 is 0 Å². The number of anilines is 1. The van der Waals surface area contributed by atoms with Crippen molar-refractivity contribution in [1.29, 1.82) is 0 Å². The van der Waals surface area contributed by atoms with Gasteiger partial charge < -0.3 is 5.32 Å². The van der Waals surface area contributed by atoms with Crippen molar-refractivity contribution >= 4 is 15.7 Å². The minimum Gasteiger partial charge on any atom is -0.385 e. The summed E-state index contributed by atoms with van der Waals surface area (Å²) in [6.45, 7) is 7.64. The molecule has 19 heavy (non-hydrogen) atoms. The summed E-state index contributed by atoms with van der Waals surface area (Å²) in [5.74, 6) is 0.606. The van der Waals surface area contributed by atoms with E-state index in [9.17, 15) is 8.42 Å². The van der Waals surface area contributed by atoms with Crippen LogP contribution in [0.4, 0.5) is 5.69 Å². The minimum atomic E-state index is -3.35. The van der Waals surface area contributed by atoms with Gasteiger partial charge in [-0.05, 0) is 36.6 Å². The quantitative estimate of drug-likeness (QED) is 0.771. The Balaban J connectivity index is 2.65. The molecule has 0 aliphatic rings. The van der Waals surface area contributed by atoms with Crippen molar-refractivity contribution in [3.8, 4) is 0 Å². The van der Waals surface area contributed by atoms with Gasteiger partial charge in [0.2, 0.25) is 10.0 Å².